The first kappa shape index (κ1) is 9.08. The van der Waals surface area contributed by atoms with Crippen molar-refractivity contribution in [2.24, 2.45) is 0 Å². The van der Waals surface area contributed by atoms with Gasteiger partial charge in [-0.3, -0.25) is 4.68 Å². The lowest BCUT2D eigenvalue weighted by Gasteiger charge is -2.12. The van der Waals surface area contributed by atoms with Crippen LogP contribution >= 0.6 is 27.7 Å². The molecule has 0 aliphatic carbocycles. The Morgan fingerprint density at radius 1 is 1.69 bits per heavy atom. The predicted molar refractivity (Wildman–Crippen MR) is 53.0 cm³/mol. The molecule has 0 atom stereocenters. The molecule has 2 rings (SSSR count). The molecule has 0 fully saturated rings. The monoisotopic (exact) mass is 262 g/mol. The van der Waals surface area contributed by atoms with Crippen LogP contribution in [0, 0.1) is 0 Å². The molecule has 1 aliphatic rings. The molecule has 0 bridgehead atoms. The van der Waals surface area contributed by atoms with Crippen molar-refractivity contribution in [2.45, 2.75) is 12.3 Å². The highest BCUT2D eigenvalue weighted by atomic mass is 79.9. The first-order chi connectivity index (χ1) is 6.20. The maximum atomic E-state index is 10.7. The van der Waals surface area contributed by atoms with E-state index in [-0.39, 0.29) is 5.69 Å². The molecule has 0 saturated heterocycles. The summed E-state index contributed by atoms with van der Waals surface area (Å²) in [5, 5.41) is 12.8. The van der Waals surface area contributed by atoms with Crippen LogP contribution < -0.4 is 0 Å². The summed E-state index contributed by atoms with van der Waals surface area (Å²) in [6, 6.07) is 0. The number of hydrogen-bond acceptors (Lipinski definition) is 3. The minimum atomic E-state index is -0.973. The number of carboxylic acid groups (broad SMARTS) is 1. The van der Waals surface area contributed by atoms with Gasteiger partial charge in [-0.05, 0) is 15.9 Å². The number of nitrogens with zero attached hydrogens (tertiary/aromatic N) is 2. The van der Waals surface area contributed by atoms with E-state index in [9.17, 15) is 4.79 Å². The van der Waals surface area contributed by atoms with E-state index in [0.29, 0.717) is 4.47 Å². The van der Waals surface area contributed by atoms with Gasteiger partial charge in [-0.15, -0.1) is 0 Å². The van der Waals surface area contributed by atoms with Gasteiger partial charge in [0.25, 0.3) is 0 Å². The zero-order valence-corrected chi connectivity index (χ0v) is 9.06. The van der Waals surface area contributed by atoms with Crippen molar-refractivity contribution in [3.05, 3.63) is 15.9 Å². The fourth-order valence-corrected chi connectivity index (χ4v) is 2.97. The number of aromatic nitrogens is 2. The van der Waals surface area contributed by atoms with Crippen LogP contribution in [-0.2, 0) is 12.3 Å². The van der Waals surface area contributed by atoms with Crippen molar-refractivity contribution in [3.8, 4) is 0 Å². The predicted octanol–water partition coefficient (Wildman–Crippen LogP) is 1.59. The Morgan fingerprint density at radius 3 is 3.08 bits per heavy atom. The Bertz CT molecular complexity index is 364. The third-order valence-corrected chi connectivity index (χ3v) is 3.66. The number of halogens is 1. The lowest BCUT2D eigenvalue weighted by atomic mass is 10.4. The molecule has 0 radical (unpaired) electrons. The second-order valence-electron chi connectivity index (χ2n) is 2.69. The molecular formula is C7H7BrN2O2S. The van der Waals surface area contributed by atoms with E-state index in [1.54, 1.807) is 16.4 Å². The summed E-state index contributed by atoms with van der Waals surface area (Å²) >= 11 is 5.05. The van der Waals surface area contributed by atoms with E-state index in [1.807, 2.05) is 0 Å². The average molecular weight is 263 g/mol. The maximum absolute atomic E-state index is 10.7. The quantitative estimate of drug-likeness (QED) is 0.836. The Morgan fingerprint density at radius 2 is 2.46 bits per heavy atom. The van der Waals surface area contributed by atoms with Crippen LogP contribution in [-0.4, -0.2) is 26.6 Å². The van der Waals surface area contributed by atoms with Crippen molar-refractivity contribution in [2.75, 3.05) is 5.75 Å². The van der Waals surface area contributed by atoms with Gasteiger partial charge in [-0.25, -0.2) is 4.79 Å². The highest BCUT2D eigenvalue weighted by Gasteiger charge is 2.22. The van der Waals surface area contributed by atoms with E-state index in [0.717, 1.165) is 23.7 Å². The number of carbonyl (C=O) groups is 1. The number of aromatic carboxylic acids is 1. The maximum Gasteiger partial charge on any atom is 0.357 e. The molecule has 0 amide bonds. The third kappa shape index (κ3) is 1.48. The van der Waals surface area contributed by atoms with Gasteiger partial charge in [0.2, 0.25) is 0 Å². The van der Waals surface area contributed by atoms with E-state index in [4.69, 9.17) is 5.11 Å². The van der Waals surface area contributed by atoms with E-state index in [2.05, 4.69) is 21.0 Å². The summed E-state index contributed by atoms with van der Waals surface area (Å²) in [4.78, 5) is 10.7. The van der Waals surface area contributed by atoms with Crippen molar-refractivity contribution in [1.82, 2.24) is 9.78 Å². The SMILES string of the molecule is O=C(O)c1nn2c(c1Br)CSCC2. The van der Waals surface area contributed by atoms with Gasteiger partial charge in [0.1, 0.15) is 0 Å². The minimum absolute atomic E-state index is 0.123. The second kappa shape index (κ2) is 3.34. The molecule has 13 heavy (non-hydrogen) atoms. The van der Waals surface area contributed by atoms with Crippen molar-refractivity contribution >= 4 is 33.7 Å². The van der Waals surface area contributed by atoms with E-state index < -0.39 is 5.97 Å². The first-order valence-corrected chi connectivity index (χ1v) is 5.71. The Labute approximate surface area is 87.4 Å². The smallest absolute Gasteiger partial charge is 0.357 e. The number of thioether (sulfide) groups is 1. The standard InChI is InChI=1S/C7H7BrN2O2S/c8-5-4-3-13-2-1-10(4)9-6(5)7(11)12/h1-3H2,(H,11,12). The van der Waals surface area contributed by atoms with Gasteiger partial charge < -0.3 is 5.11 Å². The second-order valence-corrected chi connectivity index (χ2v) is 4.59. The van der Waals surface area contributed by atoms with Crippen LogP contribution in [0.1, 0.15) is 16.2 Å². The number of carboxylic acids is 1. The zero-order valence-electron chi connectivity index (χ0n) is 6.66. The number of fused-ring (bicyclic) bond motifs is 1. The summed E-state index contributed by atoms with van der Waals surface area (Å²) in [5.41, 5.74) is 1.10. The van der Waals surface area contributed by atoms with Crippen LogP contribution in [0.25, 0.3) is 0 Å². The molecule has 2 heterocycles. The minimum Gasteiger partial charge on any atom is -0.476 e. The van der Waals surface area contributed by atoms with Crippen molar-refractivity contribution < 1.29 is 9.90 Å². The number of aryl methyl sites for hydroxylation is 1. The molecule has 0 spiro atoms. The molecule has 1 aromatic heterocycles. The summed E-state index contributed by atoms with van der Waals surface area (Å²) in [7, 11) is 0. The average Bonchev–Trinajstić information content (AvgIpc) is 2.45. The molecular weight excluding hydrogens is 256 g/mol. The van der Waals surface area contributed by atoms with E-state index in [1.165, 1.54) is 0 Å². The summed E-state index contributed by atoms with van der Waals surface area (Å²) < 4.78 is 2.40. The molecule has 1 N–H and O–H groups in total. The van der Waals surface area contributed by atoms with Gasteiger partial charge in [0.15, 0.2) is 5.69 Å². The molecule has 6 heteroatoms. The lowest BCUT2D eigenvalue weighted by Crippen LogP contribution is -2.11. The van der Waals surface area contributed by atoms with Crippen LogP contribution in [0.2, 0.25) is 0 Å². The molecule has 1 aliphatic heterocycles. The first-order valence-electron chi connectivity index (χ1n) is 3.76. The molecule has 1 aromatic rings. The number of rotatable bonds is 1. The molecule has 0 saturated carbocycles. The fraction of sp³-hybridized carbons (Fsp3) is 0.429. The highest BCUT2D eigenvalue weighted by Crippen LogP contribution is 2.28. The van der Waals surface area contributed by atoms with Crippen LogP contribution in [0.15, 0.2) is 4.47 Å². The Hall–Kier alpha value is -0.490. The Balaban J connectivity index is 2.50. The molecule has 4 nitrogen and oxygen atoms in total. The van der Waals surface area contributed by atoms with Gasteiger partial charge in [-0.1, -0.05) is 0 Å². The topological polar surface area (TPSA) is 55.1 Å². The van der Waals surface area contributed by atoms with Gasteiger partial charge >= 0.3 is 5.97 Å². The van der Waals surface area contributed by atoms with Gasteiger partial charge in [0.05, 0.1) is 16.7 Å². The van der Waals surface area contributed by atoms with E-state index >= 15 is 0 Å². The fourth-order valence-electron chi connectivity index (χ4n) is 1.25. The largest absolute Gasteiger partial charge is 0.476 e. The molecule has 70 valence electrons. The third-order valence-electron chi connectivity index (χ3n) is 1.88. The normalized spacial score (nSPS) is 15.5. The van der Waals surface area contributed by atoms with Gasteiger partial charge in [-0.2, -0.15) is 16.9 Å². The van der Waals surface area contributed by atoms with Crippen molar-refractivity contribution in [3.63, 3.8) is 0 Å². The summed E-state index contributed by atoms with van der Waals surface area (Å²) in [6.07, 6.45) is 0. The molecule has 0 aromatic carbocycles. The molecule has 0 unspecified atom stereocenters. The Kier molecular flexibility index (Phi) is 2.33. The van der Waals surface area contributed by atoms with Crippen molar-refractivity contribution in [1.29, 1.82) is 0 Å². The van der Waals surface area contributed by atoms with Crippen LogP contribution in [0.4, 0.5) is 0 Å². The lowest BCUT2D eigenvalue weighted by molar-refractivity contribution is 0.0688. The summed E-state index contributed by atoms with van der Waals surface area (Å²) in [6.45, 7) is 0.798. The van der Waals surface area contributed by atoms with Crippen LogP contribution in [0.3, 0.4) is 0 Å². The van der Waals surface area contributed by atoms with Gasteiger partial charge in [0, 0.05) is 11.5 Å². The highest BCUT2D eigenvalue weighted by molar-refractivity contribution is 9.10. The summed E-state index contributed by atoms with van der Waals surface area (Å²) in [5.74, 6) is 0.861. The number of hydrogen-bond donors (Lipinski definition) is 1. The zero-order chi connectivity index (χ0) is 9.42. The van der Waals surface area contributed by atoms with Crippen LogP contribution in [0.5, 0.6) is 0 Å².